The van der Waals surface area contributed by atoms with Crippen LogP contribution in [0.1, 0.15) is 15.9 Å². The van der Waals surface area contributed by atoms with E-state index >= 15 is 0 Å². The Kier molecular flexibility index (Phi) is 4.08. The monoisotopic (exact) mass is 351 g/mol. The maximum Gasteiger partial charge on any atom is 0.257 e. The van der Waals surface area contributed by atoms with Gasteiger partial charge in [0.15, 0.2) is 0 Å². The van der Waals surface area contributed by atoms with Gasteiger partial charge in [0.2, 0.25) is 0 Å². The van der Waals surface area contributed by atoms with Crippen LogP contribution < -0.4 is 10.2 Å². The molecule has 0 saturated carbocycles. The molecule has 0 aliphatic carbocycles. The Bertz CT molecular complexity index is 990. The minimum atomic E-state index is -0.823. The Morgan fingerprint density at radius 1 is 1.08 bits per heavy atom. The largest absolute Gasteiger partial charge is 0.340 e. The van der Waals surface area contributed by atoms with Crippen molar-refractivity contribution in [2.24, 2.45) is 0 Å². The Labute approximate surface area is 149 Å². The van der Waals surface area contributed by atoms with E-state index in [0.717, 1.165) is 36.5 Å². The number of rotatable bonds is 3. The summed E-state index contributed by atoms with van der Waals surface area (Å²) in [4.78, 5) is 18.7. The van der Waals surface area contributed by atoms with Crippen LogP contribution in [0.2, 0.25) is 0 Å². The number of anilines is 3. The summed E-state index contributed by atoms with van der Waals surface area (Å²) < 4.78 is 26.7. The molecule has 1 aromatic heterocycles. The summed E-state index contributed by atoms with van der Waals surface area (Å²) in [5.74, 6) is -2.02. The third kappa shape index (κ3) is 3.01. The zero-order chi connectivity index (χ0) is 18.1. The fraction of sp³-hybridized carbons (Fsp3) is 0.100. The number of pyridine rings is 1. The molecule has 0 spiro atoms. The quantitative estimate of drug-likeness (QED) is 0.765. The number of benzene rings is 2. The fourth-order valence-electron chi connectivity index (χ4n) is 3.09. The van der Waals surface area contributed by atoms with Crippen molar-refractivity contribution in [3.63, 3.8) is 0 Å². The van der Waals surface area contributed by atoms with Crippen LogP contribution in [-0.4, -0.2) is 17.4 Å². The minimum Gasteiger partial charge on any atom is -0.340 e. The smallest absolute Gasteiger partial charge is 0.257 e. The molecule has 0 unspecified atom stereocenters. The number of hydrogen-bond donors (Lipinski definition) is 1. The van der Waals surface area contributed by atoms with E-state index in [1.54, 1.807) is 12.3 Å². The molecule has 0 fully saturated rings. The number of amides is 1. The topological polar surface area (TPSA) is 45.2 Å². The van der Waals surface area contributed by atoms with Crippen molar-refractivity contribution in [1.29, 1.82) is 0 Å². The van der Waals surface area contributed by atoms with Gasteiger partial charge in [0.1, 0.15) is 11.6 Å². The van der Waals surface area contributed by atoms with Crippen molar-refractivity contribution in [2.45, 2.75) is 6.42 Å². The second-order valence-electron chi connectivity index (χ2n) is 6.04. The Morgan fingerprint density at radius 2 is 1.92 bits per heavy atom. The van der Waals surface area contributed by atoms with Crippen LogP contribution >= 0.6 is 0 Å². The minimum absolute atomic E-state index is 0.0756. The Hall–Kier alpha value is -3.28. The molecule has 0 saturated heterocycles. The van der Waals surface area contributed by atoms with Gasteiger partial charge in [-0.3, -0.25) is 9.78 Å². The van der Waals surface area contributed by atoms with Crippen LogP contribution in [-0.2, 0) is 6.42 Å². The molecule has 0 bridgehead atoms. The van der Waals surface area contributed by atoms with Crippen LogP contribution in [0.5, 0.6) is 0 Å². The summed E-state index contributed by atoms with van der Waals surface area (Å²) >= 11 is 0. The molecule has 1 N–H and O–H groups in total. The van der Waals surface area contributed by atoms with E-state index in [1.165, 1.54) is 17.8 Å². The highest BCUT2D eigenvalue weighted by molar-refractivity contribution is 6.04. The van der Waals surface area contributed by atoms with Crippen LogP contribution in [0.3, 0.4) is 0 Å². The zero-order valence-electron chi connectivity index (χ0n) is 13.7. The second-order valence-corrected chi connectivity index (χ2v) is 6.04. The predicted molar refractivity (Wildman–Crippen MR) is 95.7 cm³/mol. The lowest BCUT2D eigenvalue weighted by molar-refractivity contribution is 0.102. The summed E-state index contributed by atoms with van der Waals surface area (Å²) in [6, 6.07) is 12.8. The highest BCUT2D eigenvalue weighted by Crippen LogP contribution is 2.34. The number of carbonyl (C=O) groups is 1. The van der Waals surface area contributed by atoms with Gasteiger partial charge in [0.05, 0.1) is 23.1 Å². The van der Waals surface area contributed by atoms with Crippen molar-refractivity contribution in [3.8, 4) is 0 Å². The van der Waals surface area contributed by atoms with Crippen molar-refractivity contribution >= 4 is 23.0 Å². The first-order valence-electron chi connectivity index (χ1n) is 8.19. The van der Waals surface area contributed by atoms with Gasteiger partial charge < -0.3 is 10.2 Å². The van der Waals surface area contributed by atoms with Crippen LogP contribution in [0.15, 0.2) is 60.9 Å². The van der Waals surface area contributed by atoms with Crippen molar-refractivity contribution < 1.29 is 13.6 Å². The van der Waals surface area contributed by atoms with Gasteiger partial charge in [-0.15, -0.1) is 0 Å². The van der Waals surface area contributed by atoms with E-state index in [0.29, 0.717) is 5.56 Å². The predicted octanol–water partition coefficient (Wildman–Crippen LogP) is 4.31. The molecule has 1 amide bonds. The molecule has 130 valence electrons. The summed E-state index contributed by atoms with van der Waals surface area (Å²) in [6.07, 6.45) is 4.03. The van der Waals surface area contributed by atoms with Crippen molar-refractivity contribution in [2.75, 3.05) is 16.8 Å². The van der Waals surface area contributed by atoms with E-state index in [9.17, 15) is 13.6 Å². The lowest BCUT2D eigenvalue weighted by Crippen LogP contribution is -2.17. The number of para-hydroxylation sites is 1. The number of nitrogens with zero attached hydrogens (tertiary/aromatic N) is 2. The first-order chi connectivity index (χ1) is 12.6. The lowest BCUT2D eigenvalue weighted by atomic mass is 10.2. The van der Waals surface area contributed by atoms with Crippen molar-refractivity contribution in [3.05, 3.63) is 83.7 Å². The molecule has 0 atom stereocenters. The SMILES string of the molecule is O=C(Nc1ccc(F)cc1F)c1cncc(N2CCc3ccccc32)c1. The molecular formula is C20H15F2N3O. The van der Waals surface area contributed by atoms with Gasteiger partial charge in [0.25, 0.3) is 5.91 Å². The van der Waals surface area contributed by atoms with Gasteiger partial charge in [-0.05, 0) is 36.2 Å². The number of aromatic nitrogens is 1. The van der Waals surface area contributed by atoms with Gasteiger partial charge in [-0.25, -0.2) is 8.78 Å². The molecule has 4 rings (SSSR count). The number of hydrogen-bond acceptors (Lipinski definition) is 3. The molecule has 1 aliphatic rings. The molecular weight excluding hydrogens is 336 g/mol. The van der Waals surface area contributed by atoms with Crippen LogP contribution in [0.25, 0.3) is 0 Å². The fourth-order valence-corrected chi connectivity index (χ4v) is 3.09. The molecule has 6 heteroatoms. The summed E-state index contributed by atoms with van der Waals surface area (Å²) in [7, 11) is 0. The molecule has 26 heavy (non-hydrogen) atoms. The average molecular weight is 351 g/mol. The van der Waals surface area contributed by atoms with E-state index < -0.39 is 17.5 Å². The first-order valence-corrected chi connectivity index (χ1v) is 8.19. The van der Waals surface area contributed by atoms with Gasteiger partial charge in [0, 0.05) is 24.5 Å². The highest BCUT2D eigenvalue weighted by Gasteiger charge is 2.21. The molecule has 2 aromatic carbocycles. The third-order valence-electron chi connectivity index (χ3n) is 4.36. The van der Waals surface area contributed by atoms with Gasteiger partial charge in [-0.1, -0.05) is 18.2 Å². The molecule has 1 aliphatic heterocycles. The third-order valence-corrected chi connectivity index (χ3v) is 4.36. The van der Waals surface area contributed by atoms with E-state index in [-0.39, 0.29) is 5.69 Å². The van der Waals surface area contributed by atoms with E-state index in [4.69, 9.17) is 0 Å². The van der Waals surface area contributed by atoms with Gasteiger partial charge >= 0.3 is 0 Å². The number of halogens is 2. The average Bonchev–Trinajstić information content (AvgIpc) is 3.08. The maximum atomic E-state index is 13.7. The maximum absolute atomic E-state index is 13.7. The lowest BCUT2D eigenvalue weighted by Gasteiger charge is -2.19. The van der Waals surface area contributed by atoms with E-state index in [1.807, 2.05) is 18.2 Å². The zero-order valence-corrected chi connectivity index (χ0v) is 13.7. The van der Waals surface area contributed by atoms with Gasteiger partial charge in [-0.2, -0.15) is 0 Å². The Morgan fingerprint density at radius 3 is 2.77 bits per heavy atom. The molecule has 0 radical (unpaired) electrons. The van der Waals surface area contributed by atoms with Crippen molar-refractivity contribution in [1.82, 2.24) is 4.98 Å². The standard InChI is InChI=1S/C20H15F2N3O/c21-15-5-6-18(17(22)10-15)24-20(26)14-9-16(12-23-11-14)25-8-7-13-3-1-2-4-19(13)25/h1-6,9-12H,7-8H2,(H,24,26). The van der Waals surface area contributed by atoms with Crippen LogP contribution in [0.4, 0.5) is 25.8 Å². The number of fused-ring (bicyclic) bond motifs is 1. The Balaban J connectivity index is 1.59. The summed E-state index contributed by atoms with van der Waals surface area (Å²) in [5, 5.41) is 2.45. The summed E-state index contributed by atoms with van der Waals surface area (Å²) in [6.45, 7) is 0.804. The molecule has 4 nitrogen and oxygen atoms in total. The van der Waals surface area contributed by atoms with Crippen LogP contribution in [0, 0.1) is 11.6 Å². The number of carbonyl (C=O) groups excluding carboxylic acids is 1. The number of nitrogens with one attached hydrogen (secondary N) is 1. The highest BCUT2D eigenvalue weighted by atomic mass is 19.1. The van der Waals surface area contributed by atoms with E-state index in [2.05, 4.69) is 21.3 Å². The molecule has 3 aromatic rings. The molecule has 2 heterocycles. The normalized spacial score (nSPS) is 12.8. The second kappa shape index (κ2) is 6.55. The summed E-state index contributed by atoms with van der Waals surface area (Å²) in [5.41, 5.74) is 3.36. The first kappa shape index (κ1) is 16.2.